The van der Waals surface area contributed by atoms with Gasteiger partial charge in [0.1, 0.15) is 17.2 Å². The van der Waals surface area contributed by atoms with Crippen LogP contribution in [0.4, 0.5) is 31.3 Å². The lowest BCUT2D eigenvalue weighted by atomic mass is 9.79. The summed E-state index contributed by atoms with van der Waals surface area (Å²) in [7, 11) is 0. The van der Waals surface area contributed by atoms with E-state index in [-0.39, 0.29) is 18.0 Å². The van der Waals surface area contributed by atoms with Gasteiger partial charge in [-0.3, -0.25) is 9.69 Å². The maximum atomic E-state index is 13.3. The van der Waals surface area contributed by atoms with Crippen LogP contribution in [0.1, 0.15) is 78.9 Å². The van der Waals surface area contributed by atoms with Gasteiger partial charge >= 0.3 is 12.2 Å². The molecule has 0 spiro atoms. The summed E-state index contributed by atoms with van der Waals surface area (Å²) in [6.07, 6.45) is 2.26. The van der Waals surface area contributed by atoms with Gasteiger partial charge in [-0.25, -0.2) is 19.0 Å². The Kier molecular flexibility index (Phi) is 10.5. The molecule has 4 rings (SSSR count). The summed E-state index contributed by atoms with van der Waals surface area (Å²) in [6, 6.07) is 8.17. The largest absolute Gasteiger partial charge is 0.465 e. The van der Waals surface area contributed by atoms with Crippen LogP contribution in [0.2, 0.25) is 0 Å². The maximum Gasteiger partial charge on any atom is 0.413 e. The van der Waals surface area contributed by atoms with Crippen LogP contribution < -0.4 is 20.4 Å². The molecule has 0 unspecified atom stereocenters. The molecule has 3 amide bonds. The number of carbonyl (C=O) groups is 3. The third-order valence-corrected chi connectivity index (χ3v) is 7.91. The Bertz CT molecular complexity index is 1640. The zero-order chi connectivity index (χ0) is 34.7. The Morgan fingerprint density at radius 1 is 1.15 bits per heavy atom. The predicted molar refractivity (Wildman–Crippen MR) is 180 cm³/mol. The quantitative estimate of drug-likeness (QED) is 0.207. The molecule has 1 aliphatic rings. The molecule has 0 radical (unpaired) electrons. The summed E-state index contributed by atoms with van der Waals surface area (Å²) in [5.74, 6) is -0.814. The van der Waals surface area contributed by atoms with Crippen molar-refractivity contribution in [2.75, 3.05) is 28.2 Å². The molecule has 3 heterocycles. The van der Waals surface area contributed by atoms with Gasteiger partial charge in [-0.2, -0.15) is 9.61 Å². The highest BCUT2D eigenvalue weighted by Gasteiger charge is 2.31. The van der Waals surface area contributed by atoms with Gasteiger partial charge in [0.25, 0.3) is 5.91 Å². The minimum atomic E-state index is -1.21. The highest BCUT2D eigenvalue weighted by Crippen LogP contribution is 2.36. The second-order valence-electron chi connectivity index (χ2n) is 14.1. The van der Waals surface area contributed by atoms with E-state index in [4.69, 9.17) is 9.72 Å². The number of anilines is 3. The van der Waals surface area contributed by atoms with Gasteiger partial charge in [0.15, 0.2) is 11.5 Å². The van der Waals surface area contributed by atoms with E-state index in [0.717, 1.165) is 12.0 Å². The van der Waals surface area contributed by atoms with Crippen LogP contribution in [0.5, 0.6) is 0 Å². The van der Waals surface area contributed by atoms with Crippen LogP contribution in [0.3, 0.4) is 0 Å². The molecule has 1 aromatic carbocycles. The van der Waals surface area contributed by atoms with Gasteiger partial charge in [-0.15, -0.1) is 0 Å². The first kappa shape index (κ1) is 35.2. The number of halogens is 1. The number of piperidine rings is 1. The van der Waals surface area contributed by atoms with Gasteiger partial charge in [0, 0.05) is 36.4 Å². The molecule has 13 heteroatoms. The van der Waals surface area contributed by atoms with E-state index in [1.165, 1.54) is 4.90 Å². The molecule has 3 aromatic rings. The van der Waals surface area contributed by atoms with Crippen molar-refractivity contribution in [3.63, 3.8) is 0 Å². The fourth-order valence-electron chi connectivity index (χ4n) is 6.00. The van der Waals surface area contributed by atoms with Gasteiger partial charge in [-0.1, -0.05) is 46.4 Å². The zero-order valence-electron chi connectivity index (χ0n) is 28.3. The van der Waals surface area contributed by atoms with Gasteiger partial charge in [0.05, 0.1) is 12.7 Å². The van der Waals surface area contributed by atoms with Crippen molar-refractivity contribution >= 4 is 41.1 Å². The van der Waals surface area contributed by atoms with E-state index in [0.29, 0.717) is 60.4 Å². The molecule has 12 nitrogen and oxygen atoms in total. The van der Waals surface area contributed by atoms with E-state index in [2.05, 4.69) is 54.9 Å². The number of hydrogen-bond acceptors (Lipinski definition) is 7. The van der Waals surface area contributed by atoms with Crippen molar-refractivity contribution in [2.24, 2.45) is 5.92 Å². The van der Waals surface area contributed by atoms with Crippen molar-refractivity contribution in [1.29, 1.82) is 0 Å². The number of carboxylic acid groups (broad SMARTS) is 1. The number of fused-ring (bicyclic) bond motifs is 1. The number of benzene rings is 1. The Morgan fingerprint density at radius 2 is 1.83 bits per heavy atom. The summed E-state index contributed by atoms with van der Waals surface area (Å²) in [5, 5.41) is 20.5. The Labute approximate surface area is 275 Å². The molecule has 3 N–H and O–H groups in total. The summed E-state index contributed by atoms with van der Waals surface area (Å²) in [4.78, 5) is 45.4. The number of rotatable bonds is 10. The van der Waals surface area contributed by atoms with Crippen molar-refractivity contribution in [3.8, 4) is 0 Å². The Morgan fingerprint density at radius 3 is 2.43 bits per heavy atom. The highest BCUT2D eigenvalue weighted by atomic mass is 19.1. The van der Waals surface area contributed by atoms with E-state index in [9.17, 15) is 23.9 Å². The molecule has 1 saturated heterocycles. The molecular weight excluding hydrogens is 605 g/mol. The molecular formula is C34H46FN7O5. The Hall–Kier alpha value is -4.68. The number of alkyl carbamates (subject to hydrolysis) is 1. The van der Waals surface area contributed by atoms with Crippen LogP contribution in [0.15, 0.2) is 48.9 Å². The molecule has 0 saturated carbocycles. The van der Waals surface area contributed by atoms with Crippen molar-refractivity contribution < 1.29 is 28.6 Å². The summed E-state index contributed by atoms with van der Waals surface area (Å²) >= 11 is 0. The van der Waals surface area contributed by atoms with Crippen LogP contribution in [0.25, 0.3) is 5.65 Å². The minimum Gasteiger partial charge on any atom is -0.465 e. The smallest absolute Gasteiger partial charge is 0.413 e. The average molecular weight is 652 g/mol. The lowest BCUT2D eigenvalue weighted by Crippen LogP contribution is -2.46. The number of aromatic nitrogens is 3. The topological polar surface area (TPSA) is 141 Å². The van der Waals surface area contributed by atoms with Crippen molar-refractivity contribution in [2.45, 2.75) is 91.3 Å². The van der Waals surface area contributed by atoms with E-state index in [1.54, 1.807) is 41.0 Å². The number of amides is 3. The van der Waals surface area contributed by atoms with E-state index < -0.39 is 29.5 Å². The fraction of sp³-hybridized carbons (Fsp3) is 0.500. The predicted octanol–water partition coefficient (Wildman–Crippen LogP) is 6.65. The molecule has 0 bridgehead atoms. The highest BCUT2D eigenvalue weighted by molar-refractivity contribution is 6.01. The van der Waals surface area contributed by atoms with Crippen molar-refractivity contribution in [3.05, 3.63) is 60.1 Å². The molecule has 0 atom stereocenters. The summed E-state index contributed by atoms with van der Waals surface area (Å²) in [5.41, 5.74) is 1.42. The lowest BCUT2D eigenvalue weighted by molar-refractivity contribution is -0.114. The summed E-state index contributed by atoms with van der Waals surface area (Å²) < 4.78 is 20.3. The second kappa shape index (κ2) is 14.0. The second-order valence-corrected chi connectivity index (χ2v) is 14.1. The zero-order valence-corrected chi connectivity index (χ0v) is 28.3. The van der Waals surface area contributed by atoms with Crippen LogP contribution >= 0.6 is 0 Å². The fourth-order valence-corrected chi connectivity index (χ4v) is 6.00. The first-order chi connectivity index (χ1) is 21.9. The Balaban J connectivity index is 1.71. The molecule has 1 fully saturated rings. The van der Waals surface area contributed by atoms with Gasteiger partial charge in [0.2, 0.25) is 0 Å². The number of nitrogens with zero attached hydrogens (tertiary/aromatic N) is 5. The summed E-state index contributed by atoms with van der Waals surface area (Å²) in [6.45, 7) is 18.1. The third kappa shape index (κ3) is 8.99. The van der Waals surface area contributed by atoms with Gasteiger partial charge < -0.3 is 25.4 Å². The standard InChI is InChI=1S/C34H46FN7O5/c1-21(2)18-34(7,8)26-19-36-42-28(41(32(45)46)20-23-10-9-11-25(16-23)37-30(43)22(3)35)17-27(39-29(26)42)40-14-12-24(13-15-40)38-31(44)47-33(4,5)6/h9-11,16-17,19,21,24H,3,12-15,18,20H2,1-2,4-8H3,(H,37,43)(H,38,44)(H,45,46). The van der Waals surface area contributed by atoms with Gasteiger partial charge in [-0.05, 0) is 69.1 Å². The van der Waals surface area contributed by atoms with Crippen LogP contribution in [-0.2, 0) is 21.5 Å². The molecule has 47 heavy (non-hydrogen) atoms. The number of carbonyl (C=O) groups excluding carboxylic acids is 2. The van der Waals surface area contributed by atoms with Crippen molar-refractivity contribution in [1.82, 2.24) is 19.9 Å². The molecule has 0 aliphatic carbocycles. The monoisotopic (exact) mass is 651 g/mol. The lowest BCUT2D eigenvalue weighted by Gasteiger charge is -2.34. The average Bonchev–Trinajstić information content (AvgIpc) is 3.39. The first-order valence-electron chi connectivity index (χ1n) is 15.8. The third-order valence-electron chi connectivity index (χ3n) is 7.91. The number of nitrogens with one attached hydrogen (secondary N) is 2. The number of ether oxygens (including phenoxy) is 1. The van der Waals surface area contributed by atoms with E-state index in [1.807, 2.05) is 20.8 Å². The minimum absolute atomic E-state index is 0.0716. The van der Waals surface area contributed by atoms with E-state index >= 15 is 0 Å². The number of hydrogen-bond donors (Lipinski definition) is 3. The SMILES string of the molecule is C=C(F)C(=O)Nc1cccc(CN(C(=O)O)c2cc(N3CCC(NC(=O)OC(C)(C)C)CC3)nc3c(C(C)(C)CC(C)C)cnn23)c1. The van der Waals surface area contributed by atoms with Crippen LogP contribution in [0, 0.1) is 5.92 Å². The normalized spacial score (nSPS) is 14.3. The first-order valence-corrected chi connectivity index (χ1v) is 15.8. The van der Waals surface area contributed by atoms with Crippen LogP contribution in [-0.4, -0.2) is 62.5 Å². The molecule has 254 valence electrons. The molecule has 2 aromatic heterocycles. The maximum absolute atomic E-state index is 13.3. The molecule has 1 aliphatic heterocycles.